The van der Waals surface area contributed by atoms with Crippen LogP contribution in [0.25, 0.3) is 0 Å². The predicted molar refractivity (Wildman–Crippen MR) is 133 cm³/mol. The van der Waals surface area contributed by atoms with Crippen molar-refractivity contribution >= 4 is 13.3 Å². The minimum Gasteiger partial charge on any atom is -0.0654 e. The number of rotatable bonds is 19. The molecule has 0 aliphatic heterocycles. The van der Waals surface area contributed by atoms with E-state index in [1.807, 2.05) is 0 Å². The molecule has 0 saturated heterocycles. The molecule has 1 rings (SSSR count). The lowest BCUT2D eigenvalue weighted by Crippen LogP contribution is -2.40. The standard InChI is InChI=1S/C27H50Si/c1-4-5-6-7-8-9-10-11-12-13-14-15-16-17-18-19-23-26-28(2,3)27-24-21-20-22-25-27/h20-22,24-25H,4-19,23,26H2,1-3H3. The van der Waals surface area contributed by atoms with Crippen LogP contribution in [-0.4, -0.2) is 8.07 Å². The van der Waals surface area contributed by atoms with Gasteiger partial charge < -0.3 is 0 Å². The van der Waals surface area contributed by atoms with Crippen LogP contribution in [-0.2, 0) is 0 Å². The highest BCUT2D eigenvalue weighted by molar-refractivity contribution is 6.89. The first kappa shape index (κ1) is 25.5. The summed E-state index contributed by atoms with van der Waals surface area (Å²) >= 11 is 0. The molecule has 0 aromatic heterocycles. The van der Waals surface area contributed by atoms with Gasteiger partial charge in [0.15, 0.2) is 0 Å². The van der Waals surface area contributed by atoms with E-state index in [2.05, 4.69) is 50.3 Å². The van der Waals surface area contributed by atoms with Crippen LogP contribution in [0.5, 0.6) is 0 Å². The topological polar surface area (TPSA) is 0 Å². The van der Waals surface area contributed by atoms with Crippen molar-refractivity contribution in [3.63, 3.8) is 0 Å². The van der Waals surface area contributed by atoms with Crippen molar-refractivity contribution in [2.45, 2.75) is 135 Å². The smallest absolute Gasteiger partial charge is 0.0654 e. The Balaban J connectivity index is 1.81. The van der Waals surface area contributed by atoms with Crippen molar-refractivity contribution in [3.05, 3.63) is 30.3 Å². The van der Waals surface area contributed by atoms with E-state index in [9.17, 15) is 0 Å². The maximum absolute atomic E-state index is 2.54. The Kier molecular flexibility index (Phi) is 15.7. The summed E-state index contributed by atoms with van der Waals surface area (Å²) in [6, 6.07) is 12.7. The lowest BCUT2D eigenvalue weighted by atomic mass is 10.0. The molecule has 0 nitrogen and oxygen atoms in total. The van der Waals surface area contributed by atoms with E-state index in [1.54, 1.807) is 5.19 Å². The quantitative estimate of drug-likeness (QED) is 0.160. The van der Waals surface area contributed by atoms with E-state index in [0.717, 1.165) is 0 Å². The Morgan fingerprint density at radius 2 is 0.857 bits per heavy atom. The zero-order valence-corrected chi connectivity index (χ0v) is 20.6. The van der Waals surface area contributed by atoms with E-state index in [0.29, 0.717) is 0 Å². The van der Waals surface area contributed by atoms with E-state index >= 15 is 0 Å². The number of hydrogen-bond donors (Lipinski definition) is 0. The van der Waals surface area contributed by atoms with Crippen molar-refractivity contribution in [2.24, 2.45) is 0 Å². The van der Waals surface area contributed by atoms with Gasteiger partial charge in [0.05, 0.1) is 8.07 Å². The van der Waals surface area contributed by atoms with Crippen LogP contribution >= 0.6 is 0 Å². The second-order valence-electron chi connectivity index (χ2n) is 9.66. The third kappa shape index (κ3) is 13.6. The SMILES string of the molecule is CCCCCCCCCCCCCCCCCCC[Si](C)(C)c1ccccc1. The molecule has 0 bridgehead atoms. The van der Waals surface area contributed by atoms with E-state index < -0.39 is 8.07 Å². The fourth-order valence-corrected chi connectivity index (χ4v) is 6.84. The molecule has 1 aromatic rings. The summed E-state index contributed by atoms with van der Waals surface area (Å²) in [5.41, 5.74) is 0. The van der Waals surface area contributed by atoms with E-state index in [1.165, 1.54) is 115 Å². The zero-order valence-electron chi connectivity index (χ0n) is 19.6. The van der Waals surface area contributed by atoms with Gasteiger partial charge in [-0.25, -0.2) is 0 Å². The summed E-state index contributed by atoms with van der Waals surface area (Å²) in [4.78, 5) is 0. The summed E-state index contributed by atoms with van der Waals surface area (Å²) in [6.07, 6.45) is 24.8. The van der Waals surface area contributed by atoms with Crippen LogP contribution < -0.4 is 5.19 Å². The van der Waals surface area contributed by atoms with E-state index in [-0.39, 0.29) is 0 Å². The molecule has 28 heavy (non-hydrogen) atoms. The van der Waals surface area contributed by atoms with Crippen LogP contribution in [0, 0.1) is 0 Å². The van der Waals surface area contributed by atoms with Crippen molar-refractivity contribution in [1.82, 2.24) is 0 Å². The van der Waals surface area contributed by atoms with Gasteiger partial charge in [0.25, 0.3) is 0 Å². The predicted octanol–water partition coefficient (Wildman–Crippen LogP) is 9.25. The third-order valence-corrected chi connectivity index (χ3v) is 9.96. The molecule has 0 saturated carbocycles. The van der Waals surface area contributed by atoms with Crippen molar-refractivity contribution in [3.8, 4) is 0 Å². The van der Waals surface area contributed by atoms with Crippen LogP contribution in [0.15, 0.2) is 30.3 Å². The van der Waals surface area contributed by atoms with Crippen molar-refractivity contribution < 1.29 is 0 Å². The third-order valence-electron chi connectivity index (χ3n) is 6.46. The van der Waals surface area contributed by atoms with Crippen LogP contribution in [0.2, 0.25) is 19.1 Å². The molecule has 0 amide bonds. The molecule has 0 heterocycles. The Labute approximate surface area is 178 Å². The molecule has 162 valence electrons. The first-order chi connectivity index (χ1) is 13.7. The van der Waals surface area contributed by atoms with Crippen LogP contribution in [0.1, 0.15) is 116 Å². The summed E-state index contributed by atoms with van der Waals surface area (Å²) < 4.78 is 0. The van der Waals surface area contributed by atoms with Gasteiger partial charge in [-0.15, -0.1) is 0 Å². The van der Waals surface area contributed by atoms with Gasteiger partial charge >= 0.3 is 0 Å². The summed E-state index contributed by atoms with van der Waals surface area (Å²) in [5, 5.41) is 1.63. The molecule has 0 radical (unpaired) electrons. The van der Waals surface area contributed by atoms with Crippen LogP contribution in [0.4, 0.5) is 0 Å². The second kappa shape index (κ2) is 17.3. The van der Waals surface area contributed by atoms with Gasteiger partial charge in [0, 0.05) is 0 Å². The molecule has 0 spiro atoms. The summed E-state index contributed by atoms with van der Waals surface area (Å²) in [6.45, 7) is 7.37. The van der Waals surface area contributed by atoms with Gasteiger partial charge in [-0.2, -0.15) is 0 Å². The molecule has 0 N–H and O–H groups in total. The van der Waals surface area contributed by atoms with Crippen molar-refractivity contribution in [2.75, 3.05) is 0 Å². The highest BCUT2D eigenvalue weighted by Crippen LogP contribution is 2.17. The van der Waals surface area contributed by atoms with Gasteiger partial charge in [-0.3, -0.25) is 0 Å². The molecular formula is C27H50Si. The highest BCUT2D eigenvalue weighted by Gasteiger charge is 2.21. The summed E-state index contributed by atoms with van der Waals surface area (Å²) in [5.74, 6) is 0. The molecule has 0 unspecified atom stereocenters. The van der Waals surface area contributed by atoms with Crippen LogP contribution in [0.3, 0.4) is 0 Å². The normalized spacial score (nSPS) is 11.8. The lowest BCUT2D eigenvalue weighted by molar-refractivity contribution is 0.528. The first-order valence-electron chi connectivity index (χ1n) is 12.7. The molecule has 1 aromatic carbocycles. The Hall–Kier alpha value is -0.563. The maximum atomic E-state index is 2.54. The van der Waals surface area contributed by atoms with Gasteiger partial charge in [0.1, 0.15) is 0 Å². The fraction of sp³-hybridized carbons (Fsp3) is 0.778. The highest BCUT2D eigenvalue weighted by atomic mass is 28.3. The molecule has 0 aliphatic carbocycles. The number of hydrogen-bond acceptors (Lipinski definition) is 0. The largest absolute Gasteiger partial charge is 0.0806 e. The second-order valence-corrected chi connectivity index (χ2v) is 14.5. The van der Waals surface area contributed by atoms with E-state index in [4.69, 9.17) is 0 Å². The zero-order chi connectivity index (χ0) is 20.3. The monoisotopic (exact) mass is 402 g/mol. The molecule has 1 heteroatoms. The average Bonchev–Trinajstić information content (AvgIpc) is 2.71. The Morgan fingerprint density at radius 3 is 1.25 bits per heavy atom. The van der Waals surface area contributed by atoms with Crippen molar-refractivity contribution in [1.29, 1.82) is 0 Å². The Bertz CT molecular complexity index is 437. The van der Waals surface area contributed by atoms with Gasteiger partial charge in [-0.05, 0) is 0 Å². The molecule has 0 atom stereocenters. The molecular weight excluding hydrogens is 352 g/mol. The minimum absolute atomic E-state index is 1.19. The molecule has 0 fully saturated rings. The molecule has 0 aliphatic rings. The number of benzene rings is 1. The summed E-state index contributed by atoms with van der Waals surface area (Å²) in [7, 11) is -1.19. The first-order valence-corrected chi connectivity index (χ1v) is 15.9. The average molecular weight is 403 g/mol. The minimum atomic E-state index is -1.19. The lowest BCUT2D eigenvalue weighted by Gasteiger charge is -2.22. The maximum Gasteiger partial charge on any atom is 0.0806 e. The van der Waals surface area contributed by atoms with Gasteiger partial charge in [-0.1, -0.05) is 171 Å². The van der Waals surface area contributed by atoms with Gasteiger partial charge in [0.2, 0.25) is 0 Å². The fourth-order valence-electron chi connectivity index (χ4n) is 4.33. The number of unbranched alkanes of at least 4 members (excludes halogenated alkanes) is 16. The Morgan fingerprint density at radius 1 is 0.500 bits per heavy atom.